The number of hydrogen-bond acceptors (Lipinski definition) is 5. The minimum atomic E-state index is -0.613. The van der Waals surface area contributed by atoms with Gasteiger partial charge in [-0.15, -0.1) is 0 Å². The van der Waals surface area contributed by atoms with E-state index in [1.807, 2.05) is 0 Å². The van der Waals surface area contributed by atoms with Crippen LogP contribution in [0.4, 0.5) is 11.4 Å². The highest BCUT2D eigenvalue weighted by Crippen LogP contribution is 2.24. The second-order valence-corrected chi connectivity index (χ2v) is 7.90. The maximum atomic E-state index is 13.0. The quantitative estimate of drug-likeness (QED) is 0.240. The number of rotatable bonds is 7. The van der Waals surface area contributed by atoms with E-state index >= 15 is 0 Å². The molecule has 0 fully saturated rings. The number of nitro benzene ring substituents is 1. The van der Waals surface area contributed by atoms with Crippen molar-refractivity contribution in [1.29, 1.82) is 0 Å². The van der Waals surface area contributed by atoms with Crippen LogP contribution in [0.2, 0.25) is 5.02 Å². The number of anilines is 1. The van der Waals surface area contributed by atoms with Gasteiger partial charge in [0.15, 0.2) is 0 Å². The van der Waals surface area contributed by atoms with Crippen molar-refractivity contribution in [2.24, 2.45) is 0 Å². The molecule has 0 aliphatic rings. The lowest BCUT2D eigenvalue weighted by Gasteiger charge is -2.13. The number of carbonyl (C=O) groups excluding carboxylic acids is 2. The second kappa shape index (κ2) is 10.8. The molecule has 168 valence electrons. The van der Waals surface area contributed by atoms with Gasteiger partial charge < -0.3 is 15.4 Å². The molecule has 0 spiro atoms. The molecule has 0 atom stereocenters. The number of amides is 2. The SMILES string of the molecule is COc1ccc(C(=O)N/C(=C/c2ccc([N+](=O)[O-])cc2)C(=O)Nc2ccccc2Br)c(Cl)c1. The Labute approximate surface area is 202 Å². The van der Waals surface area contributed by atoms with Crippen molar-refractivity contribution in [3.8, 4) is 5.75 Å². The van der Waals surface area contributed by atoms with Gasteiger partial charge in [-0.2, -0.15) is 0 Å². The molecule has 2 amide bonds. The molecule has 0 radical (unpaired) electrons. The number of carbonyl (C=O) groups is 2. The van der Waals surface area contributed by atoms with Crippen molar-refractivity contribution < 1.29 is 19.2 Å². The van der Waals surface area contributed by atoms with Crippen LogP contribution in [0, 0.1) is 10.1 Å². The average molecular weight is 531 g/mol. The fourth-order valence-electron chi connectivity index (χ4n) is 2.77. The number of para-hydroxylation sites is 1. The number of methoxy groups -OCH3 is 1. The van der Waals surface area contributed by atoms with Crippen molar-refractivity contribution in [3.63, 3.8) is 0 Å². The fourth-order valence-corrected chi connectivity index (χ4v) is 3.41. The minimum absolute atomic E-state index is 0.0866. The summed E-state index contributed by atoms with van der Waals surface area (Å²) in [5.74, 6) is -0.735. The Balaban J connectivity index is 1.93. The Morgan fingerprint density at radius 2 is 1.79 bits per heavy atom. The van der Waals surface area contributed by atoms with Gasteiger partial charge in [0, 0.05) is 16.6 Å². The molecular weight excluding hydrogens is 514 g/mol. The Bertz CT molecular complexity index is 1250. The van der Waals surface area contributed by atoms with Gasteiger partial charge in [0.2, 0.25) is 0 Å². The van der Waals surface area contributed by atoms with Crippen molar-refractivity contribution in [2.45, 2.75) is 0 Å². The third kappa shape index (κ3) is 6.18. The normalized spacial score (nSPS) is 10.9. The number of halogens is 2. The van der Waals surface area contributed by atoms with Crippen molar-refractivity contribution in [2.75, 3.05) is 12.4 Å². The van der Waals surface area contributed by atoms with Crippen LogP contribution in [-0.4, -0.2) is 23.8 Å². The molecule has 8 nitrogen and oxygen atoms in total. The number of nitro groups is 1. The van der Waals surface area contributed by atoms with Gasteiger partial charge in [-0.3, -0.25) is 19.7 Å². The number of benzene rings is 3. The third-order valence-electron chi connectivity index (χ3n) is 4.45. The summed E-state index contributed by atoms with van der Waals surface area (Å²) < 4.78 is 5.74. The molecule has 33 heavy (non-hydrogen) atoms. The summed E-state index contributed by atoms with van der Waals surface area (Å²) in [6, 6.07) is 17.1. The predicted octanol–water partition coefficient (Wildman–Crippen LogP) is 5.43. The van der Waals surface area contributed by atoms with Crippen LogP contribution in [0.15, 0.2) is 76.9 Å². The molecule has 0 unspecified atom stereocenters. The fraction of sp³-hybridized carbons (Fsp3) is 0.0435. The van der Waals surface area contributed by atoms with Crippen LogP contribution in [0.3, 0.4) is 0 Å². The molecule has 0 saturated heterocycles. The minimum Gasteiger partial charge on any atom is -0.497 e. The molecule has 2 N–H and O–H groups in total. The average Bonchev–Trinajstić information content (AvgIpc) is 2.80. The molecule has 0 bridgehead atoms. The maximum absolute atomic E-state index is 13.0. The van der Waals surface area contributed by atoms with Gasteiger partial charge in [0.25, 0.3) is 17.5 Å². The van der Waals surface area contributed by atoms with E-state index in [0.29, 0.717) is 21.5 Å². The van der Waals surface area contributed by atoms with E-state index in [0.717, 1.165) is 0 Å². The first-order valence-electron chi connectivity index (χ1n) is 9.45. The van der Waals surface area contributed by atoms with Crippen LogP contribution in [0.5, 0.6) is 5.75 Å². The number of ether oxygens (including phenoxy) is 1. The zero-order chi connectivity index (χ0) is 24.0. The van der Waals surface area contributed by atoms with Gasteiger partial charge in [-0.05, 0) is 70.0 Å². The molecule has 0 aliphatic carbocycles. The first kappa shape index (κ1) is 24.0. The molecule has 0 heterocycles. The van der Waals surface area contributed by atoms with E-state index in [1.165, 1.54) is 49.6 Å². The summed E-state index contributed by atoms with van der Waals surface area (Å²) in [6.45, 7) is 0. The molecule has 3 aromatic carbocycles. The van der Waals surface area contributed by atoms with Gasteiger partial charge in [-0.1, -0.05) is 23.7 Å². The highest BCUT2D eigenvalue weighted by Gasteiger charge is 2.18. The summed E-state index contributed by atoms with van der Waals surface area (Å²) in [7, 11) is 1.47. The molecular formula is C23H17BrClN3O5. The van der Waals surface area contributed by atoms with Gasteiger partial charge in [0.05, 0.1) is 28.3 Å². The van der Waals surface area contributed by atoms with E-state index in [4.69, 9.17) is 16.3 Å². The van der Waals surface area contributed by atoms with E-state index in [2.05, 4.69) is 26.6 Å². The van der Waals surface area contributed by atoms with E-state index in [1.54, 1.807) is 30.3 Å². The van der Waals surface area contributed by atoms with Crippen LogP contribution < -0.4 is 15.4 Å². The standard InChI is InChI=1S/C23H17BrClN3O5/c1-33-16-10-11-17(19(25)13-16)22(29)27-21(12-14-6-8-15(9-7-14)28(31)32)23(30)26-20-5-3-2-4-18(20)24/h2-13H,1H3,(H,26,30)(H,27,29)/b21-12+. The Morgan fingerprint density at radius 3 is 2.39 bits per heavy atom. The first-order chi connectivity index (χ1) is 15.8. The number of nitrogens with zero attached hydrogens (tertiary/aromatic N) is 1. The van der Waals surface area contributed by atoms with E-state index in [9.17, 15) is 19.7 Å². The van der Waals surface area contributed by atoms with Crippen LogP contribution >= 0.6 is 27.5 Å². The molecule has 3 rings (SSSR count). The monoisotopic (exact) mass is 529 g/mol. The summed E-state index contributed by atoms with van der Waals surface area (Å²) in [4.78, 5) is 36.3. The Hall–Kier alpha value is -3.69. The predicted molar refractivity (Wildman–Crippen MR) is 129 cm³/mol. The third-order valence-corrected chi connectivity index (χ3v) is 5.45. The summed E-state index contributed by atoms with van der Waals surface area (Å²) in [5.41, 5.74) is 0.922. The zero-order valence-corrected chi connectivity index (χ0v) is 19.5. The van der Waals surface area contributed by atoms with Gasteiger partial charge >= 0.3 is 0 Å². The first-order valence-corrected chi connectivity index (χ1v) is 10.6. The summed E-state index contributed by atoms with van der Waals surface area (Å²) >= 11 is 9.55. The number of nitrogens with one attached hydrogen (secondary N) is 2. The topological polar surface area (TPSA) is 111 Å². The van der Waals surface area contributed by atoms with E-state index < -0.39 is 16.7 Å². The smallest absolute Gasteiger partial charge is 0.272 e. The number of hydrogen-bond donors (Lipinski definition) is 2. The lowest BCUT2D eigenvalue weighted by atomic mass is 10.1. The van der Waals surface area contributed by atoms with Crippen LogP contribution in [0.25, 0.3) is 6.08 Å². The molecule has 0 aliphatic heterocycles. The molecule has 10 heteroatoms. The highest BCUT2D eigenvalue weighted by molar-refractivity contribution is 9.10. The van der Waals surface area contributed by atoms with Crippen molar-refractivity contribution in [1.82, 2.24) is 5.32 Å². The Morgan fingerprint density at radius 1 is 1.09 bits per heavy atom. The molecule has 0 aromatic heterocycles. The molecule has 3 aromatic rings. The zero-order valence-electron chi connectivity index (χ0n) is 17.2. The maximum Gasteiger partial charge on any atom is 0.272 e. The summed E-state index contributed by atoms with van der Waals surface area (Å²) in [5, 5.41) is 16.3. The largest absolute Gasteiger partial charge is 0.497 e. The Kier molecular flexibility index (Phi) is 7.81. The van der Waals surface area contributed by atoms with Crippen molar-refractivity contribution in [3.05, 3.63) is 103 Å². The van der Waals surface area contributed by atoms with Crippen LogP contribution in [0.1, 0.15) is 15.9 Å². The number of non-ortho nitro benzene ring substituents is 1. The summed E-state index contributed by atoms with van der Waals surface area (Å²) in [6.07, 6.45) is 1.41. The second-order valence-electron chi connectivity index (χ2n) is 6.64. The van der Waals surface area contributed by atoms with Gasteiger partial charge in [-0.25, -0.2) is 0 Å². The lowest BCUT2D eigenvalue weighted by molar-refractivity contribution is -0.384. The molecule has 0 saturated carbocycles. The van der Waals surface area contributed by atoms with Crippen LogP contribution in [-0.2, 0) is 4.79 Å². The van der Waals surface area contributed by atoms with Gasteiger partial charge in [0.1, 0.15) is 11.4 Å². The van der Waals surface area contributed by atoms with E-state index in [-0.39, 0.29) is 22.0 Å². The van der Waals surface area contributed by atoms with Crippen molar-refractivity contribution >= 4 is 56.8 Å². The lowest BCUT2D eigenvalue weighted by Crippen LogP contribution is -2.31. The highest BCUT2D eigenvalue weighted by atomic mass is 79.9.